The Labute approximate surface area is 161 Å². The first-order valence-corrected chi connectivity index (χ1v) is 10.3. The summed E-state index contributed by atoms with van der Waals surface area (Å²) in [5, 5.41) is 6.40. The molecule has 0 radical (unpaired) electrons. The fraction of sp³-hybridized carbons (Fsp3) is 0.118. The van der Waals surface area contributed by atoms with Gasteiger partial charge >= 0.3 is 5.97 Å². The summed E-state index contributed by atoms with van der Waals surface area (Å²) in [7, 11) is 0. The molecule has 1 heterocycles. The highest BCUT2D eigenvalue weighted by atomic mass is 35.5. The number of hydrogen-bond acceptors (Lipinski definition) is 5. The first kappa shape index (κ1) is 19.1. The van der Waals surface area contributed by atoms with Crippen LogP contribution in [0.2, 0.25) is 5.02 Å². The number of carbonyl (C=O) groups excluding carboxylic acids is 1. The minimum Gasteiger partial charge on any atom is -0.593 e. The van der Waals surface area contributed by atoms with Crippen LogP contribution < -0.4 is 5.14 Å². The summed E-state index contributed by atoms with van der Waals surface area (Å²) in [6, 6.07) is 13.4. The smallest absolute Gasteiger partial charge is 0.365 e. The van der Waals surface area contributed by atoms with Crippen molar-refractivity contribution in [2.24, 2.45) is 5.14 Å². The monoisotopic (exact) mass is 410 g/mol. The Morgan fingerprint density at radius 1 is 1.23 bits per heavy atom. The maximum Gasteiger partial charge on any atom is 0.365 e. The largest absolute Gasteiger partial charge is 0.593 e. The van der Waals surface area contributed by atoms with Crippen LogP contribution in [0.4, 0.5) is 0 Å². The quantitative estimate of drug-likeness (QED) is 0.514. The number of esters is 1. The molecule has 0 spiro atoms. The lowest BCUT2D eigenvalue weighted by molar-refractivity contribution is 0.0514. The van der Waals surface area contributed by atoms with Crippen molar-refractivity contribution in [3.8, 4) is 0 Å². The van der Waals surface area contributed by atoms with Crippen molar-refractivity contribution in [1.82, 2.24) is 3.97 Å². The molecule has 26 heavy (non-hydrogen) atoms. The van der Waals surface area contributed by atoms with E-state index in [9.17, 15) is 13.9 Å². The van der Waals surface area contributed by atoms with E-state index in [0.717, 1.165) is 0 Å². The van der Waals surface area contributed by atoms with Gasteiger partial charge in [-0.3, -0.25) is 0 Å². The van der Waals surface area contributed by atoms with Gasteiger partial charge in [0, 0.05) is 5.02 Å². The van der Waals surface area contributed by atoms with Gasteiger partial charge in [-0.15, -0.1) is 9.11 Å². The number of halogens is 1. The van der Waals surface area contributed by atoms with Crippen LogP contribution in [-0.4, -0.2) is 25.7 Å². The minimum atomic E-state index is -2.01. The molecule has 2 aromatic carbocycles. The highest BCUT2D eigenvalue weighted by molar-refractivity contribution is 7.91. The lowest BCUT2D eigenvalue weighted by atomic mass is 10.2. The molecule has 0 saturated carbocycles. The average molecular weight is 411 g/mol. The summed E-state index contributed by atoms with van der Waals surface area (Å²) >= 11 is 2.26. The predicted molar refractivity (Wildman–Crippen MR) is 102 cm³/mol. The maximum atomic E-state index is 13.2. The van der Waals surface area contributed by atoms with E-state index in [1.807, 2.05) is 0 Å². The molecule has 2 unspecified atom stereocenters. The van der Waals surface area contributed by atoms with Gasteiger partial charge in [-0.05, 0) is 37.3 Å². The second kappa shape index (κ2) is 7.91. The van der Waals surface area contributed by atoms with Crippen molar-refractivity contribution in [3.05, 3.63) is 59.2 Å². The fourth-order valence-corrected chi connectivity index (χ4v) is 4.85. The van der Waals surface area contributed by atoms with Crippen LogP contribution in [0.3, 0.4) is 0 Å². The molecule has 2 atom stereocenters. The van der Waals surface area contributed by atoms with Crippen LogP contribution in [0.5, 0.6) is 0 Å². The van der Waals surface area contributed by atoms with Crippen LogP contribution in [0, 0.1) is 0 Å². The lowest BCUT2D eigenvalue weighted by Crippen LogP contribution is -2.23. The Hall–Kier alpha value is -1.68. The van der Waals surface area contributed by atoms with Gasteiger partial charge in [-0.25, -0.2) is 4.79 Å². The SMILES string of the molecule is CCOC(=O)c1c([S+](N)[O-])c2cc(Cl)ccc2n1[S+]([O-])c1ccccc1. The van der Waals surface area contributed by atoms with Crippen molar-refractivity contribution in [3.63, 3.8) is 0 Å². The summed E-state index contributed by atoms with van der Waals surface area (Å²) in [4.78, 5) is 13.1. The van der Waals surface area contributed by atoms with Gasteiger partial charge in [0.2, 0.25) is 10.6 Å². The number of rotatable bonds is 5. The van der Waals surface area contributed by atoms with E-state index >= 15 is 0 Å². The standard InChI is InChI=1S/C17H15ClN2O4S2/c1-2-24-17(21)15-16(25(19)22)13-10-11(18)8-9-14(13)20(15)26(23)12-6-4-3-5-7-12/h3-10H,2,19H2,1H3. The van der Waals surface area contributed by atoms with Gasteiger partial charge in [-0.2, -0.15) is 0 Å². The third-order valence-corrected chi connectivity index (χ3v) is 6.06. The van der Waals surface area contributed by atoms with E-state index in [1.54, 1.807) is 55.5 Å². The van der Waals surface area contributed by atoms with Gasteiger partial charge < -0.3 is 13.8 Å². The van der Waals surface area contributed by atoms with Gasteiger partial charge in [-0.1, -0.05) is 29.8 Å². The average Bonchev–Trinajstić information content (AvgIpc) is 2.96. The van der Waals surface area contributed by atoms with E-state index in [4.69, 9.17) is 21.5 Å². The molecule has 6 nitrogen and oxygen atoms in total. The minimum absolute atomic E-state index is 0.0465. The molecule has 3 aromatic rings. The van der Waals surface area contributed by atoms with Crippen LogP contribution in [0.1, 0.15) is 17.4 Å². The second-order valence-corrected chi connectivity index (χ2v) is 7.99. The number of aromatic nitrogens is 1. The topological polar surface area (TPSA) is 103 Å². The molecule has 0 aliphatic heterocycles. The van der Waals surface area contributed by atoms with Gasteiger partial charge in [0.1, 0.15) is 16.9 Å². The van der Waals surface area contributed by atoms with Crippen LogP contribution in [0.15, 0.2) is 58.3 Å². The first-order valence-electron chi connectivity index (χ1n) is 7.60. The number of benzene rings is 2. The highest BCUT2D eigenvalue weighted by Crippen LogP contribution is 2.35. The molecule has 0 aliphatic carbocycles. The Kier molecular flexibility index (Phi) is 5.81. The third-order valence-electron chi connectivity index (χ3n) is 3.62. The first-order chi connectivity index (χ1) is 12.5. The van der Waals surface area contributed by atoms with Gasteiger partial charge in [0.25, 0.3) is 0 Å². The number of nitrogens with zero attached hydrogens (tertiary/aromatic N) is 1. The summed E-state index contributed by atoms with van der Waals surface area (Å²) in [5.74, 6) is -0.752. The van der Waals surface area contributed by atoms with Gasteiger partial charge in [0.15, 0.2) is 4.90 Å². The molecule has 3 rings (SSSR count). The van der Waals surface area contributed by atoms with E-state index in [1.165, 1.54) is 3.97 Å². The Morgan fingerprint density at radius 2 is 1.92 bits per heavy atom. The molecule has 0 bridgehead atoms. The molecule has 136 valence electrons. The fourth-order valence-electron chi connectivity index (χ4n) is 2.60. The molecule has 0 saturated heterocycles. The van der Waals surface area contributed by atoms with E-state index in [-0.39, 0.29) is 17.2 Å². The Morgan fingerprint density at radius 3 is 2.54 bits per heavy atom. The lowest BCUT2D eigenvalue weighted by Gasteiger charge is -2.14. The number of nitrogens with two attached hydrogens (primary N) is 1. The Bertz CT molecular complexity index is 947. The van der Waals surface area contributed by atoms with Crippen molar-refractivity contribution < 1.29 is 18.6 Å². The van der Waals surface area contributed by atoms with E-state index in [0.29, 0.717) is 20.8 Å². The highest BCUT2D eigenvalue weighted by Gasteiger charge is 2.36. The van der Waals surface area contributed by atoms with Gasteiger partial charge in [0.05, 0.1) is 23.4 Å². The molecule has 1 aromatic heterocycles. The van der Waals surface area contributed by atoms with Crippen LogP contribution >= 0.6 is 11.6 Å². The van der Waals surface area contributed by atoms with Crippen molar-refractivity contribution >= 4 is 51.2 Å². The molecule has 0 amide bonds. The Balaban J connectivity index is 2.35. The summed E-state index contributed by atoms with van der Waals surface area (Å²) in [6.45, 7) is 1.75. The zero-order chi connectivity index (χ0) is 18.8. The number of hydrogen-bond donors (Lipinski definition) is 1. The van der Waals surface area contributed by atoms with E-state index in [2.05, 4.69) is 0 Å². The zero-order valence-electron chi connectivity index (χ0n) is 13.7. The van der Waals surface area contributed by atoms with Crippen LogP contribution in [0.25, 0.3) is 10.9 Å². The molecule has 9 heteroatoms. The second-order valence-electron chi connectivity index (χ2n) is 5.21. The van der Waals surface area contributed by atoms with Crippen molar-refractivity contribution in [2.75, 3.05) is 6.61 Å². The van der Waals surface area contributed by atoms with E-state index < -0.39 is 28.7 Å². The number of carbonyl (C=O) groups is 1. The van der Waals surface area contributed by atoms with Crippen LogP contribution in [-0.2, 0) is 27.5 Å². The molecule has 0 aliphatic rings. The summed E-state index contributed by atoms with van der Waals surface area (Å²) in [5.41, 5.74) is 0.320. The number of fused-ring (bicyclic) bond motifs is 1. The zero-order valence-corrected chi connectivity index (χ0v) is 16.1. The molecular weight excluding hydrogens is 396 g/mol. The van der Waals surface area contributed by atoms with Crippen molar-refractivity contribution in [1.29, 1.82) is 0 Å². The molecule has 0 fully saturated rings. The predicted octanol–water partition coefficient (Wildman–Crippen LogP) is 3.02. The van der Waals surface area contributed by atoms with Crippen molar-refractivity contribution in [2.45, 2.75) is 16.7 Å². The molecule has 2 N–H and O–H groups in total. The summed E-state index contributed by atoms with van der Waals surface area (Å²) in [6.07, 6.45) is 0. The maximum absolute atomic E-state index is 13.2. The summed E-state index contributed by atoms with van der Waals surface area (Å²) < 4.78 is 31.8. The third kappa shape index (κ3) is 3.44. The number of ether oxygens (including phenoxy) is 1. The molecular formula is C17H15ClN2O4S2. The normalized spacial score (nSPS) is 13.6.